The van der Waals surface area contributed by atoms with E-state index in [2.05, 4.69) is 13.2 Å². The first-order valence-corrected chi connectivity index (χ1v) is 9.19. The number of hydrogen-bond donors (Lipinski definition) is 2. The molecule has 4 fully saturated rings. The maximum atomic E-state index is 11.0. The molecule has 0 saturated heterocycles. The molecule has 4 aliphatic carbocycles. The van der Waals surface area contributed by atoms with Crippen molar-refractivity contribution >= 4 is 0 Å². The summed E-state index contributed by atoms with van der Waals surface area (Å²) in [4.78, 5) is 0. The molecule has 8 atom stereocenters. The molecule has 0 unspecified atom stereocenters. The average molecular weight is 302 g/mol. The fourth-order valence-corrected chi connectivity index (χ4v) is 7.14. The van der Waals surface area contributed by atoms with Crippen LogP contribution in [0.2, 0.25) is 0 Å². The second kappa shape index (κ2) is 4.95. The summed E-state index contributed by atoms with van der Waals surface area (Å²) >= 11 is 0. The van der Waals surface area contributed by atoms with E-state index in [0.717, 1.165) is 37.5 Å². The molecular weight excluding hydrogens is 272 g/mol. The topological polar surface area (TPSA) is 40.5 Å². The quantitative estimate of drug-likeness (QED) is 0.778. The van der Waals surface area contributed by atoms with Crippen LogP contribution in [0.5, 0.6) is 0 Å². The van der Waals surface area contributed by atoms with Crippen LogP contribution in [0.15, 0.2) is 25.3 Å². The van der Waals surface area contributed by atoms with Gasteiger partial charge >= 0.3 is 0 Å². The second-order valence-electron chi connectivity index (χ2n) is 8.61. The molecule has 0 radical (unpaired) electrons. The molecule has 4 aliphatic rings. The number of aliphatic hydroxyl groups is 2. The summed E-state index contributed by atoms with van der Waals surface area (Å²) in [6.07, 6.45) is 11.9. The van der Waals surface area contributed by atoms with Crippen molar-refractivity contribution < 1.29 is 10.2 Å². The summed E-state index contributed by atoms with van der Waals surface area (Å²) in [7, 11) is 0. The number of rotatable bonds is 4. The highest BCUT2D eigenvalue weighted by atomic mass is 16.3. The van der Waals surface area contributed by atoms with Crippen LogP contribution in [0.3, 0.4) is 0 Å². The van der Waals surface area contributed by atoms with Gasteiger partial charge in [0.25, 0.3) is 0 Å². The fourth-order valence-electron chi connectivity index (χ4n) is 7.14. The third-order valence-corrected chi connectivity index (χ3v) is 7.93. The van der Waals surface area contributed by atoms with Crippen molar-refractivity contribution in [3.05, 3.63) is 25.3 Å². The third kappa shape index (κ3) is 1.86. The smallest absolute Gasteiger partial charge is 0.0712 e. The van der Waals surface area contributed by atoms with Gasteiger partial charge in [-0.25, -0.2) is 0 Å². The third-order valence-electron chi connectivity index (χ3n) is 7.93. The van der Waals surface area contributed by atoms with E-state index >= 15 is 0 Å². The van der Waals surface area contributed by atoms with E-state index in [-0.39, 0.29) is 0 Å². The predicted octanol–water partition coefficient (Wildman–Crippen LogP) is 3.69. The highest BCUT2D eigenvalue weighted by Gasteiger charge is 2.64. The Morgan fingerprint density at radius 3 is 1.55 bits per heavy atom. The van der Waals surface area contributed by atoms with Crippen molar-refractivity contribution in [3.63, 3.8) is 0 Å². The van der Waals surface area contributed by atoms with Crippen molar-refractivity contribution in [1.29, 1.82) is 0 Å². The molecule has 22 heavy (non-hydrogen) atoms. The Balaban J connectivity index is 1.55. The lowest BCUT2D eigenvalue weighted by Crippen LogP contribution is -2.36. The first kappa shape index (κ1) is 15.0. The molecular formula is C20H30O2. The van der Waals surface area contributed by atoms with Crippen LogP contribution >= 0.6 is 0 Å². The van der Waals surface area contributed by atoms with Gasteiger partial charge < -0.3 is 10.2 Å². The lowest BCUT2D eigenvalue weighted by molar-refractivity contribution is -0.0160. The van der Waals surface area contributed by atoms with Crippen molar-refractivity contribution in [1.82, 2.24) is 0 Å². The Morgan fingerprint density at radius 1 is 0.773 bits per heavy atom. The average Bonchev–Trinajstić information content (AvgIpc) is 3.14. The van der Waals surface area contributed by atoms with Crippen LogP contribution in [0.4, 0.5) is 0 Å². The van der Waals surface area contributed by atoms with Crippen molar-refractivity contribution in [3.8, 4) is 0 Å². The van der Waals surface area contributed by atoms with Gasteiger partial charge in [0.2, 0.25) is 0 Å². The van der Waals surface area contributed by atoms with E-state index in [1.165, 1.54) is 25.7 Å². The zero-order chi connectivity index (χ0) is 15.5. The van der Waals surface area contributed by atoms with E-state index in [4.69, 9.17) is 0 Å². The molecule has 0 amide bonds. The minimum atomic E-state index is -0.484. The van der Waals surface area contributed by atoms with Gasteiger partial charge in [-0.3, -0.25) is 0 Å². The highest BCUT2D eigenvalue weighted by Crippen LogP contribution is 2.67. The largest absolute Gasteiger partial charge is 0.389 e. The normalized spacial score (nSPS) is 55.7. The lowest BCUT2D eigenvalue weighted by atomic mass is 9.78. The Kier molecular flexibility index (Phi) is 3.36. The maximum Gasteiger partial charge on any atom is 0.0712 e. The standard InChI is InChI=1S/C20H30O2/c1-3-7-19(21)9-5-13-16-12-18-14(15(16)11-17(13)19)6-10-20(18,22)8-4-2/h3-4,13-18,21-22H,1-2,5-12H2/t13-,14-,15-,16-,17+,18+,19-,20+/m1/s1. The van der Waals surface area contributed by atoms with Gasteiger partial charge in [-0.1, -0.05) is 12.2 Å². The van der Waals surface area contributed by atoms with Gasteiger partial charge in [0, 0.05) is 0 Å². The lowest BCUT2D eigenvalue weighted by Gasteiger charge is -2.32. The zero-order valence-corrected chi connectivity index (χ0v) is 13.6. The molecule has 0 spiro atoms. The summed E-state index contributed by atoms with van der Waals surface area (Å²) in [6, 6.07) is 0. The Hall–Kier alpha value is -0.600. The second-order valence-corrected chi connectivity index (χ2v) is 8.61. The maximum absolute atomic E-state index is 11.0. The molecule has 4 rings (SSSR count). The molecule has 0 aromatic rings. The van der Waals surface area contributed by atoms with E-state index in [9.17, 15) is 10.2 Å². The highest BCUT2D eigenvalue weighted by molar-refractivity contribution is 5.15. The van der Waals surface area contributed by atoms with Crippen molar-refractivity contribution in [2.45, 2.75) is 62.6 Å². The van der Waals surface area contributed by atoms with Crippen LogP contribution < -0.4 is 0 Å². The van der Waals surface area contributed by atoms with Crippen molar-refractivity contribution in [2.24, 2.45) is 35.5 Å². The van der Waals surface area contributed by atoms with Gasteiger partial charge in [0.05, 0.1) is 11.2 Å². The molecule has 4 saturated carbocycles. The Morgan fingerprint density at radius 2 is 1.18 bits per heavy atom. The summed E-state index contributed by atoms with van der Waals surface area (Å²) < 4.78 is 0. The summed E-state index contributed by atoms with van der Waals surface area (Å²) in [6.45, 7) is 7.69. The van der Waals surface area contributed by atoms with Crippen LogP contribution in [0.25, 0.3) is 0 Å². The molecule has 2 N–H and O–H groups in total. The molecule has 0 heterocycles. The summed E-state index contributed by atoms with van der Waals surface area (Å²) in [5.41, 5.74) is -0.968. The van der Waals surface area contributed by atoms with Gasteiger partial charge in [0.15, 0.2) is 0 Å². The monoisotopic (exact) mass is 302 g/mol. The van der Waals surface area contributed by atoms with Crippen molar-refractivity contribution in [2.75, 3.05) is 0 Å². The molecule has 0 aliphatic heterocycles. The Labute approximate surface area is 134 Å². The summed E-state index contributed by atoms with van der Waals surface area (Å²) in [5.74, 6) is 3.83. The van der Waals surface area contributed by atoms with Crippen LogP contribution in [-0.4, -0.2) is 21.4 Å². The van der Waals surface area contributed by atoms with Gasteiger partial charge in [-0.2, -0.15) is 0 Å². The van der Waals surface area contributed by atoms with E-state index in [0.29, 0.717) is 23.7 Å². The number of hydrogen-bond acceptors (Lipinski definition) is 2. The van der Waals surface area contributed by atoms with E-state index in [1.807, 2.05) is 12.2 Å². The minimum absolute atomic E-state index is 0.481. The van der Waals surface area contributed by atoms with E-state index < -0.39 is 11.2 Å². The first-order chi connectivity index (χ1) is 10.5. The SMILES string of the molecule is C=CC[C@@]1(O)CC[C@@H]2[C@H]3C[C@H]4[C@H](CC[C@@]4(O)CC=C)[C@H]3C[C@@H]21. The summed E-state index contributed by atoms with van der Waals surface area (Å²) in [5, 5.41) is 22.0. The molecule has 0 aromatic heterocycles. The van der Waals surface area contributed by atoms with E-state index in [1.54, 1.807) is 0 Å². The zero-order valence-electron chi connectivity index (χ0n) is 13.6. The van der Waals surface area contributed by atoms with Gasteiger partial charge in [0.1, 0.15) is 0 Å². The number of fused-ring (bicyclic) bond motifs is 5. The molecule has 0 aromatic carbocycles. The molecule has 2 nitrogen and oxygen atoms in total. The molecule has 2 heteroatoms. The Bertz CT molecular complexity index is 442. The minimum Gasteiger partial charge on any atom is -0.389 e. The first-order valence-electron chi connectivity index (χ1n) is 9.19. The van der Waals surface area contributed by atoms with Crippen LogP contribution in [-0.2, 0) is 0 Å². The molecule has 0 bridgehead atoms. The van der Waals surface area contributed by atoms with Gasteiger partial charge in [-0.05, 0) is 86.9 Å². The van der Waals surface area contributed by atoms with Crippen LogP contribution in [0.1, 0.15) is 51.4 Å². The predicted molar refractivity (Wildman–Crippen MR) is 88.2 cm³/mol. The fraction of sp³-hybridized carbons (Fsp3) is 0.800. The molecule has 122 valence electrons. The van der Waals surface area contributed by atoms with Crippen LogP contribution in [0, 0.1) is 35.5 Å². The van der Waals surface area contributed by atoms with Gasteiger partial charge in [-0.15, -0.1) is 13.2 Å².